The normalized spacial score (nSPS) is 18.4. The minimum Gasteiger partial charge on any atom is -0.387 e. The molecule has 1 fully saturated rings. The van der Waals surface area contributed by atoms with Gasteiger partial charge < -0.3 is 5.73 Å². The molecule has 1 aromatic rings. The van der Waals surface area contributed by atoms with Gasteiger partial charge in [0.25, 0.3) is 0 Å². The molecular weight excluding hydrogens is 255 g/mol. The molecule has 0 heterocycles. The van der Waals surface area contributed by atoms with Crippen molar-refractivity contribution in [2.45, 2.75) is 32.1 Å². The summed E-state index contributed by atoms with van der Waals surface area (Å²) < 4.78 is 0. The third-order valence-corrected chi connectivity index (χ3v) is 3.74. The zero-order valence-electron chi connectivity index (χ0n) is 9.63. The first-order valence-electron chi connectivity index (χ1n) is 5.96. The smallest absolute Gasteiger partial charge is 0.103 e. The van der Waals surface area contributed by atoms with Crippen LogP contribution in [0.4, 0.5) is 5.69 Å². The van der Waals surface area contributed by atoms with Crippen LogP contribution in [0, 0.1) is 5.92 Å². The van der Waals surface area contributed by atoms with Crippen molar-refractivity contribution >= 4 is 34.7 Å². The first-order chi connectivity index (χ1) is 8.16. The lowest BCUT2D eigenvalue weighted by Gasteiger charge is -2.20. The number of nitrogens with two attached hydrogens (primary N) is 1. The number of aliphatic imine (C=N–C) groups is 1. The lowest BCUT2D eigenvalue weighted by molar-refractivity contribution is 0.437. The van der Waals surface area contributed by atoms with Crippen LogP contribution in [0.1, 0.15) is 32.1 Å². The summed E-state index contributed by atoms with van der Waals surface area (Å²) in [5, 5.41) is 1.22. The van der Waals surface area contributed by atoms with Crippen LogP contribution >= 0.6 is 23.2 Å². The molecule has 1 aliphatic rings. The summed E-state index contributed by atoms with van der Waals surface area (Å²) in [6.45, 7) is 0. The molecule has 0 radical (unpaired) electrons. The molecule has 0 saturated heterocycles. The standard InChI is InChI=1S/C13H16Cl2N2/c14-10-6-7-11(15)12(8-10)17-13(16)9-4-2-1-3-5-9/h6-9H,1-5H2,(H2,16,17). The van der Waals surface area contributed by atoms with E-state index in [2.05, 4.69) is 4.99 Å². The number of amidine groups is 1. The molecule has 1 aromatic carbocycles. The van der Waals surface area contributed by atoms with Crippen molar-refractivity contribution in [3.8, 4) is 0 Å². The summed E-state index contributed by atoms with van der Waals surface area (Å²) in [4.78, 5) is 4.42. The molecular formula is C13H16Cl2N2. The third kappa shape index (κ3) is 3.36. The van der Waals surface area contributed by atoms with E-state index in [-0.39, 0.29) is 0 Å². The molecule has 0 atom stereocenters. The van der Waals surface area contributed by atoms with Crippen molar-refractivity contribution in [3.05, 3.63) is 28.2 Å². The predicted octanol–water partition coefficient (Wildman–Crippen LogP) is 4.56. The molecule has 4 heteroatoms. The van der Waals surface area contributed by atoms with Gasteiger partial charge in [-0.15, -0.1) is 0 Å². The molecule has 2 nitrogen and oxygen atoms in total. The zero-order chi connectivity index (χ0) is 12.3. The molecule has 0 spiro atoms. The summed E-state index contributed by atoms with van der Waals surface area (Å²) >= 11 is 12.0. The van der Waals surface area contributed by atoms with Crippen LogP contribution in [0.15, 0.2) is 23.2 Å². The number of benzene rings is 1. The second kappa shape index (κ2) is 5.74. The van der Waals surface area contributed by atoms with Crippen LogP contribution in [0.2, 0.25) is 10.0 Å². The van der Waals surface area contributed by atoms with E-state index in [1.807, 2.05) is 0 Å². The van der Waals surface area contributed by atoms with Gasteiger partial charge in [0.15, 0.2) is 0 Å². The summed E-state index contributed by atoms with van der Waals surface area (Å²) in [6.07, 6.45) is 6.05. The number of hydrogen-bond acceptors (Lipinski definition) is 1. The average molecular weight is 271 g/mol. The van der Waals surface area contributed by atoms with E-state index in [0.717, 1.165) is 12.8 Å². The number of nitrogens with zero attached hydrogens (tertiary/aromatic N) is 1. The number of halogens is 2. The van der Waals surface area contributed by atoms with Crippen molar-refractivity contribution < 1.29 is 0 Å². The fourth-order valence-electron chi connectivity index (χ4n) is 2.20. The van der Waals surface area contributed by atoms with E-state index < -0.39 is 0 Å². The van der Waals surface area contributed by atoms with Crippen molar-refractivity contribution in [2.75, 3.05) is 0 Å². The number of rotatable bonds is 2. The van der Waals surface area contributed by atoms with Crippen molar-refractivity contribution in [1.82, 2.24) is 0 Å². The zero-order valence-corrected chi connectivity index (χ0v) is 11.1. The number of hydrogen-bond donors (Lipinski definition) is 1. The van der Waals surface area contributed by atoms with Crippen LogP contribution in [0.25, 0.3) is 0 Å². The highest BCUT2D eigenvalue weighted by Crippen LogP contribution is 2.30. The Labute approximate surface area is 112 Å². The van der Waals surface area contributed by atoms with Crippen molar-refractivity contribution in [2.24, 2.45) is 16.6 Å². The van der Waals surface area contributed by atoms with Crippen LogP contribution in [0.5, 0.6) is 0 Å². The topological polar surface area (TPSA) is 38.4 Å². The molecule has 92 valence electrons. The van der Waals surface area contributed by atoms with E-state index in [4.69, 9.17) is 28.9 Å². The summed E-state index contributed by atoms with van der Waals surface area (Å²) in [6, 6.07) is 5.25. The molecule has 1 saturated carbocycles. The first-order valence-corrected chi connectivity index (χ1v) is 6.71. The molecule has 0 bridgehead atoms. The monoisotopic (exact) mass is 270 g/mol. The van der Waals surface area contributed by atoms with Gasteiger partial charge in [-0.3, -0.25) is 0 Å². The van der Waals surface area contributed by atoms with Gasteiger partial charge in [0.05, 0.1) is 10.7 Å². The van der Waals surface area contributed by atoms with Gasteiger partial charge in [-0.1, -0.05) is 42.5 Å². The van der Waals surface area contributed by atoms with Crippen molar-refractivity contribution in [1.29, 1.82) is 0 Å². The third-order valence-electron chi connectivity index (χ3n) is 3.18. The van der Waals surface area contributed by atoms with Crippen LogP contribution in [-0.4, -0.2) is 5.84 Å². The van der Waals surface area contributed by atoms with E-state index in [0.29, 0.717) is 27.5 Å². The highest BCUT2D eigenvalue weighted by molar-refractivity contribution is 6.35. The Kier molecular flexibility index (Phi) is 4.30. The van der Waals surface area contributed by atoms with Crippen molar-refractivity contribution in [3.63, 3.8) is 0 Å². The molecule has 2 rings (SSSR count). The fourth-order valence-corrected chi connectivity index (χ4v) is 2.53. The van der Waals surface area contributed by atoms with Gasteiger partial charge >= 0.3 is 0 Å². The SMILES string of the molecule is NC(=Nc1cc(Cl)ccc1Cl)C1CCCCC1. The summed E-state index contributed by atoms with van der Waals surface area (Å²) in [5.41, 5.74) is 6.72. The van der Waals surface area contributed by atoms with Gasteiger partial charge in [0, 0.05) is 10.9 Å². The second-order valence-electron chi connectivity index (χ2n) is 4.47. The fraction of sp³-hybridized carbons (Fsp3) is 0.462. The van der Waals surface area contributed by atoms with Gasteiger partial charge in [-0.25, -0.2) is 4.99 Å². The van der Waals surface area contributed by atoms with E-state index in [9.17, 15) is 0 Å². The molecule has 1 aliphatic carbocycles. The van der Waals surface area contributed by atoms with Crippen LogP contribution < -0.4 is 5.73 Å². The maximum absolute atomic E-state index is 6.06. The molecule has 0 amide bonds. The first kappa shape index (κ1) is 12.7. The minimum absolute atomic E-state index is 0.402. The predicted molar refractivity (Wildman–Crippen MR) is 74.3 cm³/mol. The van der Waals surface area contributed by atoms with E-state index in [1.165, 1.54) is 19.3 Å². The Morgan fingerprint density at radius 1 is 1.18 bits per heavy atom. The Balaban J connectivity index is 2.19. The summed E-state index contributed by atoms with van der Waals surface area (Å²) in [5.74, 6) is 1.09. The Bertz CT molecular complexity index is 423. The Morgan fingerprint density at radius 3 is 2.59 bits per heavy atom. The van der Waals surface area contributed by atoms with Gasteiger partial charge in [-0.05, 0) is 31.0 Å². The molecule has 0 aliphatic heterocycles. The van der Waals surface area contributed by atoms with Gasteiger partial charge in [0.1, 0.15) is 5.84 Å². The maximum atomic E-state index is 6.06. The van der Waals surface area contributed by atoms with Gasteiger partial charge in [0.2, 0.25) is 0 Å². The quantitative estimate of drug-likeness (QED) is 0.621. The maximum Gasteiger partial charge on any atom is 0.103 e. The lowest BCUT2D eigenvalue weighted by atomic mass is 9.88. The second-order valence-corrected chi connectivity index (χ2v) is 5.31. The highest BCUT2D eigenvalue weighted by Gasteiger charge is 2.17. The molecule has 0 aromatic heterocycles. The van der Waals surface area contributed by atoms with Crippen LogP contribution in [-0.2, 0) is 0 Å². The Morgan fingerprint density at radius 2 is 1.88 bits per heavy atom. The van der Waals surface area contributed by atoms with E-state index in [1.54, 1.807) is 18.2 Å². The lowest BCUT2D eigenvalue weighted by Crippen LogP contribution is -2.25. The highest BCUT2D eigenvalue weighted by atomic mass is 35.5. The van der Waals surface area contributed by atoms with E-state index >= 15 is 0 Å². The molecule has 0 unspecified atom stereocenters. The van der Waals surface area contributed by atoms with Crippen LogP contribution in [0.3, 0.4) is 0 Å². The molecule has 17 heavy (non-hydrogen) atoms. The largest absolute Gasteiger partial charge is 0.387 e. The molecule has 2 N–H and O–H groups in total. The summed E-state index contributed by atoms with van der Waals surface area (Å²) in [7, 11) is 0. The Hall–Kier alpha value is -0.730. The minimum atomic E-state index is 0.402. The average Bonchev–Trinajstić information content (AvgIpc) is 2.35. The van der Waals surface area contributed by atoms with Gasteiger partial charge in [-0.2, -0.15) is 0 Å².